The van der Waals surface area contributed by atoms with Gasteiger partial charge in [0.1, 0.15) is 5.01 Å². The lowest BCUT2D eigenvalue weighted by Gasteiger charge is -1.91. The van der Waals surface area contributed by atoms with E-state index in [4.69, 9.17) is 0 Å². The Hall–Kier alpha value is -1.17. The van der Waals surface area contributed by atoms with Gasteiger partial charge >= 0.3 is 0 Å². The van der Waals surface area contributed by atoms with Crippen LogP contribution in [0.4, 0.5) is 0 Å². The summed E-state index contributed by atoms with van der Waals surface area (Å²) in [5, 5.41) is 17.1. The van der Waals surface area contributed by atoms with Gasteiger partial charge in [0.25, 0.3) is 0 Å². The predicted molar refractivity (Wildman–Crippen MR) is 39.3 cm³/mol. The molecule has 0 bridgehead atoms. The van der Waals surface area contributed by atoms with Gasteiger partial charge in [-0.05, 0) is 17.4 Å². The first-order chi connectivity index (χ1) is 5.36. The van der Waals surface area contributed by atoms with Gasteiger partial charge in [-0.15, -0.1) is 21.6 Å². The molecule has 0 aromatic carbocycles. The summed E-state index contributed by atoms with van der Waals surface area (Å²) < 4.78 is 0. The van der Waals surface area contributed by atoms with E-state index in [1.165, 1.54) is 11.3 Å². The van der Waals surface area contributed by atoms with Gasteiger partial charge in [0.15, 0.2) is 0 Å². The van der Waals surface area contributed by atoms with Crippen molar-refractivity contribution in [3.8, 4) is 0 Å². The number of nitrogens with zero attached hydrogens (tertiary/aromatic N) is 5. The minimum atomic E-state index is -0.284. The number of thiazole rings is 1. The molecule has 1 aliphatic heterocycles. The van der Waals surface area contributed by atoms with Crippen LogP contribution in [-0.2, 0) is 0 Å². The molecule has 0 aliphatic carbocycles. The Bertz CT molecular complexity index is 302. The topological polar surface area (TPSA) is 62.3 Å². The second-order valence-electron chi connectivity index (χ2n) is 2.11. The molecular weight excluding hydrogens is 162 g/mol. The van der Waals surface area contributed by atoms with Crippen LogP contribution in [0.3, 0.4) is 0 Å². The fourth-order valence-electron chi connectivity index (χ4n) is 0.757. The molecule has 5 nitrogen and oxygen atoms in total. The van der Waals surface area contributed by atoms with Gasteiger partial charge in [0.05, 0.1) is 0 Å². The summed E-state index contributed by atoms with van der Waals surface area (Å²) in [6.45, 7) is 1.93. The summed E-state index contributed by atoms with van der Waals surface area (Å²) >= 11 is 1.53. The maximum absolute atomic E-state index is 4.20. The second kappa shape index (κ2) is 2.46. The van der Waals surface area contributed by atoms with E-state index in [9.17, 15) is 0 Å². The molecule has 0 N–H and O–H groups in total. The molecule has 1 aromatic heterocycles. The monoisotopic (exact) mass is 167 g/mol. The maximum atomic E-state index is 4.20. The molecule has 1 aromatic rings. The van der Waals surface area contributed by atoms with Crippen LogP contribution in [0, 0.1) is 6.92 Å². The fraction of sp³-hybridized carbons (Fsp3) is 0.400. The first-order valence-electron chi connectivity index (χ1n) is 3.08. The molecule has 0 amide bonds. The zero-order valence-corrected chi connectivity index (χ0v) is 6.62. The van der Waals surface area contributed by atoms with Gasteiger partial charge < -0.3 is 0 Å². The molecule has 0 unspecified atom stereocenters. The van der Waals surface area contributed by atoms with Gasteiger partial charge in [-0.2, -0.15) is 0 Å². The van der Waals surface area contributed by atoms with E-state index < -0.39 is 0 Å². The minimum absolute atomic E-state index is 0.284. The Labute approximate surface area is 66.9 Å². The molecule has 2 rings (SSSR count). The van der Waals surface area contributed by atoms with Crippen molar-refractivity contribution in [3.05, 3.63) is 16.1 Å². The molecule has 2 heterocycles. The summed E-state index contributed by atoms with van der Waals surface area (Å²) in [5.41, 5.74) is 0.988. The summed E-state index contributed by atoms with van der Waals surface area (Å²) in [7, 11) is 0. The number of aryl methyl sites for hydroxylation is 1. The Morgan fingerprint density at radius 3 is 2.64 bits per heavy atom. The highest BCUT2D eigenvalue weighted by atomic mass is 32.1. The van der Waals surface area contributed by atoms with E-state index >= 15 is 0 Å². The highest BCUT2D eigenvalue weighted by Crippen LogP contribution is 2.26. The van der Waals surface area contributed by atoms with Gasteiger partial charge in [0.2, 0.25) is 6.17 Å². The summed E-state index contributed by atoms with van der Waals surface area (Å²) in [4.78, 5) is 4.20. The zero-order chi connectivity index (χ0) is 7.68. The molecule has 0 spiro atoms. The molecule has 0 atom stereocenters. The minimum Gasteiger partial charge on any atom is -0.242 e. The Morgan fingerprint density at radius 1 is 1.36 bits per heavy atom. The Morgan fingerprint density at radius 2 is 2.09 bits per heavy atom. The molecule has 0 radical (unpaired) electrons. The van der Waals surface area contributed by atoms with E-state index in [0.717, 1.165) is 10.7 Å². The molecule has 11 heavy (non-hydrogen) atoms. The van der Waals surface area contributed by atoms with Crippen molar-refractivity contribution in [2.45, 2.75) is 13.1 Å². The average molecular weight is 167 g/mol. The van der Waals surface area contributed by atoms with Crippen molar-refractivity contribution in [3.63, 3.8) is 0 Å². The SMILES string of the molecule is Cc1csc(C2N=NN=N2)n1. The summed E-state index contributed by atoms with van der Waals surface area (Å²) in [6.07, 6.45) is -0.284. The van der Waals surface area contributed by atoms with Crippen LogP contribution in [0.15, 0.2) is 26.1 Å². The maximum Gasteiger partial charge on any atom is 0.236 e. The summed E-state index contributed by atoms with van der Waals surface area (Å²) in [5.74, 6) is 0. The largest absolute Gasteiger partial charge is 0.242 e. The Balaban J connectivity index is 2.29. The van der Waals surface area contributed by atoms with Gasteiger partial charge in [0, 0.05) is 11.1 Å². The molecule has 6 heteroatoms. The van der Waals surface area contributed by atoms with Crippen molar-refractivity contribution in [1.82, 2.24) is 4.98 Å². The third-order valence-corrected chi connectivity index (χ3v) is 2.22. The molecule has 0 saturated carbocycles. The third-order valence-electron chi connectivity index (χ3n) is 1.22. The van der Waals surface area contributed by atoms with Crippen LogP contribution in [0.1, 0.15) is 16.9 Å². The smallest absolute Gasteiger partial charge is 0.236 e. The van der Waals surface area contributed by atoms with Crippen LogP contribution in [-0.4, -0.2) is 4.98 Å². The summed E-state index contributed by atoms with van der Waals surface area (Å²) in [6, 6.07) is 0. The van der Waals surface area contributed by atoms with Gasteiger partial charge in [-0.1, -0.05) is 0 Å². The van der Waals surface area contributed by atoms with E-state index in [-0.39, 0.29) is 6.17 Å². The number of hydrogen-bond acceptors (Lipinski definition) is 6. The quantitative estimate of drug-likeness (QED) is 0.632. The number of rotatable bonds is 1. The zero-order valence-electron chi connectivity index (χ0n) is 5.80. The average Bonchev–Trinajstić information content (AvgIpc) is 2.55. The van der Waals surface area contributed by atoms with Gasteiger partial charge in [-0.25, -0.2) is 4.98 Å². The first kappa shape index (κ1) is 6.53. The lowest BCUT2D eigenvalue weighted by molar-refractivity contribution is 0.753. The molecule has 56 valence electrons. The molecule has 0 fully saturated rings. The van der Waals surface area contributed by atoms with Crippen molar-refractivity contribution < 1.29 is 0 Å². The van der Waals surface area contributed by atoms with Crippen molar-refractivity contribution >= 4 is 11.3 Å². The Kier molecular flexibility index (Phi) is 1.46. The molecular formula is C5H5N5S. The first-order valence-corrected chi connectivity index (χ1v) is 3.96. The standard InChI is InChI=1S/C5H5N5S/c1-3-2-11-5(6-3)4-7-9-10-8-4/h2,4H,1H3. The van der Waals surface area contributed by atoms with E-state index in [2.05, 4.69) is 25.7 Å². The molecule has 1 aliphatic rings. The highest BCUT2D eigenvalue weighted by Gasteiger charge is 2.15. The highest BCUT2D eigenvalue weighted by molar-refractivity contribution is 7.09. The van der Waals surface area contributed by atoms with Crippen LogP contribution in [0.5, 0.6) is 0 Å². The normalized spacial score (nSPS) is 16.5. The van der Waals surface area contributed by atoms with E-state index in [0.29, 0.717) is 0 Å². The van der Waals surface area contributed by atoms with Crippen LogP contribution in [0.25, 0.3) is 0 Å². The molecule has 0 saturated heterocycles. The van der Waals surface area contributed by atoms with E-state index in [1.54, 1.807) is 0 Å². The second-order valence-corrected chi connectivity index (χ2v) is 3.00. The van der Waals surface area contributed by atoms with Crippen molar-refractivity contribution in [1.29, 1.82) is 0 Å². The lowest BCUT2D eigenvalue weighted by atomic mass is 10.5. The van der Waals surface area contributed by atoms with Crippen LogP contribution >= 0.6 is 11.3 Å². The predicted octanol–water partition coefficient (Wildman–Crippen LogP) is 2.28. The van der Waals surface area contributed by atoms with Crippen molar-refractivity contribution in [2.75, 3.05) is 0 Å². The van der Waals surface area contributed by atoms with Crippen LogP contribution in [0.2, 0.25) is 0 Å². The van der Waals surface area contributed by atoms with Gasteiger partial charge in [-0.3, -0.25) is 0 Å². The fourth-order valence-corrected chi connectivity index (χ4v) is 1.51. The van der Waals surface area contributed by atoms with Crippen molar-refractivity contribution in [2.24, 2.45) is 20.7 Å². The van der Waals surface area contributed by atoms with E-state index in [1.807, 2.05) is 12.3 Å². The lowest BCUT2D eigenvalue weighted by Crippen LogP contribution is -1.85. The number of aromatic nitrogens is 1. The van der Waals surface area contributed by atoms with Crippen LogP contribution < -0.4 is 0 Å². The number of hydrogen-bond donors (Lipinski definition) is 0. The third kappa shape index (κ3) is 1.16.